The molecule has 0 spiro atoms. The van der Waals surface area contributed by atoms with Crippen LogP contribution in [0, 0.1) is 10.1 Å². The number of alkyl halides is 3. The fourth-order valence-electron chi connectivity index (χ4n) is 2.02. The number of nitrogens with zero attached hydrogens (tertiary/aromatic N) is 2. The van der Waals surface area contributed by atoms with Gasteiger partial charge in [0, 0.05) is 12.1 Å². The van der Waals surface area contributed by atoms with Crippen molar-refractivity contribution < 1.29 is 27.4 Å². The lowest BCUT2D eigenvalue weighted by molar-refractivity contribution is -0.384. The van der Waals surface area contributed by atoms with Gasteiger partial charge in [-0.15, -0.1) is 0 Å². The summed E-state index contributed by atoms with van der Waals surface area (Å²) < 4.78 is 56.3. The summed E-state index contributed by atoms with van der Waals surface area (Å²) in [5, 5.41) is 10.9. The number of halogens is 4. The van der Waals surface area contributed by atoms with Crippen LogP contribution in [0.2, 0.25) is 5.02 Å². The topological polar surface area (TPSA) is 72.7 Å². The molecule has 2 aromatic rings. The highest BCUT2D eigenvalue weighted by molar-refractivity contribution is 7.45. The second-order valence-corrected chi connectivity index (χ2v) is 7.08. The molecule has 0 N–H and O–H groups in total. The largest absolute Gasteiger partial charge is 0.458 e. The fraction of sp³-hybridized carbons (Fsp3) is 0.200. The van der Waals surface area contributed by atoms with Crippen LogP contribution in [0.5, 0.6) is 11.5 Å². The predicted octanol–water partition coefficient (Wildman–Crippen LogP) is 5.87. The van der Waals surface area contributed by atoms with Crippen LogP contribution in [0.25, 0.3) is 0 Å². The molecule has 11 heteroatoms. The van der Waals surface area contributed by atoms with Crippen LogP contribution in [-0.4, -0.2) is 18.6 Å². The van der Waals surface area contributed by atoms with Gasteiger partial charge in [0.05, 0.1) is 22.6 Å². The maximum atomic E-state index is 12.7. The quantitative estimate of drug-likeness (QED) is 0.352. The number of nitro groups is 1. The van der Waals surface area contributed by atoms with E-state index in [2.05, 4.69) is 0 Å². The van der Waals surface area contributed by atoms with Gasteiger partial charge < -0.3 is 4.74 Å². The minimum atomic E-state index is -4.54. The monoisotopic (exact) mass is 407 g/mol. The van der Waals surface area contributed by atoms with Crippen molar-refractivity contribution in [3.63, 3.8) is 0 Å². The predicted molar refractivity (Wildman–Crippen MR) is 91.6 cm³/mol. The maximum absolute atomic E-state index is 12.7. The molecule has 2 aromatic carbocycles. The van der Waals surface area contributed by atoms with Crippen LogP contribution < -0.4 is 9.41 Å². The van der Waals surface area contributed by atoms with Gasteiger partial charge >= 0.3 is 14.1 Å². The molecule has 1 unspecified atom stereocenters. The third-order valence-corrected chi connectivity index (χ3v) is 4.76. The lowest BCUT2D eigenvalue weighted by Gasteiger charge is -2.13. The average molecular weight is 408 g/mol. The second kappa shape index (κ2) is 7.47. The van der Waals surface area contributed by atoms with Gasteiger partial charge in [-0.05, 0) is 28.8 Å². The van der Waals surface area contributed by atoms with E-state index in [-0.39, 0.29) is 27.9 Å². The lowest BCUT2D eigenvalue weighted by atomic mass is 10.2. The molecule has 0 heterocycles. The molecule has 0 aromatic heterocycles. The third-order valence-electron chi connectivity index (χ3n) is 3.40. The Morgan fingerprint density at radius 1 is 1.23 bits per heavy atom. The smallest absolute Gasteiger partial charge is 0.456 e. The molecule has 0 bridgehead atoms. The van der Waals surface area contributed by atoms with Gasteiger partial charge in [-0.1, -0.05) is 11.6 Å². The van der Waals surface area contributed by atoms with Gasteiger partial charge in [0.15, 0.2) is 12.4 Å². The van der Waals surface area contributed by atoms with Crippen molar-refractivity contribution >= 4 is 30.9 Å². The molecule has 1 atom stereocenters. The first-order valence-electron chi connectivity index (χ1n) is 6.98. The van der Waals surface area contributed by atoms with Crippen LogP contribution in [0.15, 0.2) is 36.4 Å². The van der Waals surface area contributed by atoms with Gasteiger partial charge in [-0.3, -0.25) is 10.1 Å². The van der Waals surface area contributed by atoms with E-state index in [0.717, 1.165) is 24.3 Å². The van der Waals surface area contributed by atoms with E-state index >= 15 is 0 Å². The van der Waals surface area contributed by atoms with E-state index in [1.165, 1.54) is 30.5 Å². The molecule has 0 aliphatic carbocycles. The Balaban J connectivity index is 2.40. The van der Waals surface area contributed by atoms with Crippen molar-refractivity contribution in [3.05, 3.63) is 57.1 Å². The first-order chi connectivity index (χ1) is 12.0. The zero-order valence-corrected chi connectivity index (χ0v) is 15.1. The van der Waals surface area contributed by atoms with Crippen molar-refractivity contribution in [2.24, 2.45) is 0 Å². The Morgan fingerprint density at radius 3 is 2.38 bits per heavy atom. The average Bonchev–Trinajstić information content (AvgIpc) is 2.54. The first kappa shape index (κ1) is 19.9. The zero-order valence-electron chi connectivity index (χ0n) is 13.5. The SMILES string of the molecule is CN(c1cc(Oc2ccc(C(F)(F)F)cc2Cl)ccc1[N+](=O)[O-])[P+](C)=O. The molecule has 0 aliphatic rings. The Morgan fingerprint density at radius 2 is 1.88 bits per heavy atom. The van der Waals surface area contributed by atoms with Gasteiger partial charge in [0.2, 0.25) is 0 Å². The Kier molecular flexibility index (Phi) is 5.73. The molecule has 0 saturated heterocycles. The molecular formula is C15H12ClF3N2O4P+. The number of hydrogen-bond donors (Lipinski definition) is 0. The number of anilines is 1. The molecular weight excluding hydrogens is 396 g/mol. The first-order valence-corrected chi connectivity index (χ1v) is 9.02. The maximum Gasteiger partial charge on any atom is 0.458 e. The van der Waals surface area contributed by atoms with E-state index in [9.17, 15) is 27.9 Å². The standard InChI is InChI=1S/C15H12ClF3N2O4P/c1-20(26(2)24)13-8-10(4-5-12(13)21(22)23)25-14-6-3-9(7-11(14)16)15(17,18)19/h3-8H,1-2H3/q+1. The minimum Gasteiger partial charge on any atom is -0.456 e. The van der Waals surface area contributed by atoms with Crippen LogP contribution in [0.3, 0.4) is 0 Å². The highest BCUT2D eigenvalue weighted by atomic mass is 35.5. The molecule has 0 radical (unpaired) electrons. The summed E-state index contributed by atoms with van der Waals surface area (Å²) in [5.74, 6) is 0.0407. The summed E-state index contributed by atoms with van der Waals surface area (Å²) in [6.07, 6.45) is -4.54. The highest BCUT2D eigenvalue weighted by Gasteiger charge is 2.31. The van der Waals surface area contributed by atoms with Crippen molar-refractivity contribution in [1.82, 2.24) is 0 Å². The molecule has 0 fully saturated rings. The summed E-state index contributed by atoms with van der Waals surface area (Å²) in [6, 6.07) is 6.27. The molecule has 6 nitrogen and oxygen atoms in total. The van der Waals surface area contributed by atoms with E-state index in [1.807, 2.05) is 0 Å². The summed E-state index contributed by atoms with van der Waals surface area (Å²) in [4.78, 5) is 10.5. The van der Waals surface area contributed by atoms with Crippen LogP contribution >= 0.6 is 19.6 Å². The van der Waals surface area contributed by atoms with Gasteiger partial charge in [0.25, 0.3) is 5.69 Å². The zero-order chi connectivity index (χ0) is 19.6. The van der Waals surface area contributed by atoms with E-state index in [1.54, 1.807) is 0 Å². The van der Waals surface area contributed by atoms with E-state index < -0.39 is 24.6 Å². The van der Waals surface area contributed by atoms with Gasteiger partial charge in [-0.25, -0.2) is 0 Å². The second-order valence-electron chi connectivity index (χ2n) is 5.14. The fourth-order valence-corrected chi connectivity index (χ4v) is 2.70. The van der Waals surface area contributed by atoms with Crippen LogP contribution in [0.1, 0.15) is 5.56 Å². The molecule has 0 aliphatic heterocycles. The summed E-state index contributed by atoms with van der Waals surface area (Å²) in [5.41, 5.74) is -1.18. The van der Waals surface area contributed by atoms with Crippen LogP contribution in [0.4, 0.5) is 24.5 Å². The van der Waals surface area contributed by atoms with Gasteiger partial charge in [0.1, 0.15) is 11.5 Å². The molecule has 26 heavy (non-hydrogen) atoms. The number of benzene rings is 2. The van der Waals surface area contributed by atoms with Crippen molar-refractivity contribution in [3.8, 4) is 11.5 Å². The van der Waals surface area contributed by atoms with Crippen molar-refractivity contribution in [2.75, 3.05) is 18.4 Å². The van der Waals surface area contributed by atoms with E-state index in [4.69, 9.17) is 16.3 Å². The summed E-state index contributed by atoms with van der Waals surface area (Å²) >= 11 is 5.83. The lowest BCUT2D eigenvalue weighted by Crippen LogP contribution is -2.08. The normalized spacial score (nSPS) is 11.8. The molecule has 0 amide bonds. The van der Waals surface area contributed by atoms with Crippen molar-refractivity contribution in [1.29, 1.82) is 0 Å². The molecule has 138 valence electrons. The minimum absolute atomic E-state index is 0.0409. The summed E-state index contributed by atoms with van der Waals surface area (Å²) in [6.45, 7) is 1.37. The Hall–Kier alpha value is -2.38. The van der Waals surface area contributed by atoms with Crippen LogP contribution in [-0.2, 0) is 10.7 Å². The Bertz CT molecular complexity index is 876. The van der Waals surface area contributed by atoms with Gasteiger partial charge in [-0.2, -0.15) is 17.8 Å². The third kappa shape index (κ3) is 4.42. The number of rotatable bonds is 5. The van der Waals surface area contributed by atoms with Crippen molar-refractivity contribution in [2.45, 2.75) is 6.18 Å². The number of ether oxygens (including phenoxy) is 1. The Labute approximate surface area is 152 Å². The molecule has 0 saturated carbocycles. The highest BCUT2D eigenvalue weighted by Crippen LogP contribution is 2.41. The number of hydrogen-bond acceptors (Lipinski definition) is 4. The molecule has 2 rings (SSSR count). The number of nitro benzene ring substituents is 1. The summed E-state index contributed by atoms with van der Waals surface area (Å²) in [7, 11) is -0.489. The van der Waals surface area contributed by atoms with E-state index in [0.29, 0.717) is 0 Å².